The van der Waals surface area contributed by atoms with E-state index in [1.165, 1.54) is 62.8 Å². The molecular weight excluding hydrogens is 652 g/mol. The average molecular weight is 687 g/mol. The third kappa shape index (κ3) is 11.2. The fourth-order valence-electron chi connectivity index (χ4n) is 4.40. The topological polar surface area (TPSA) is 249 Å². The zero-order chi connectivity index (χ0) is 36.8. The van der Waals surface area contributed by atoms with Gasteiger partial charge in [0.15, 0.2) is 0 Å². The van der Waals surface area contributed by atoms with E-state index in [1.807, 2.05) is 0 Å². The van der Waals surface area contributed by atoms with Crippen LogP contribution in [0.5, 0.6) is 0 Å². The summed E-state index contributed by atoms with van der Waals surface area (Å²) in [5.74, 6) is -2.17. The predicted molar refractivity (Wildman–Crippen MR) is 182 cm³/mol. The molecule has 0 aliphatic carbocycles. The minimum atomic E-state index is -1.03. The standard InChI is InChI=1S/C17H15N3O7.C17H19N3O3/c1-27-17(22)15(10-11-2-6-13(7-3-11)19(23)24)18-16(21)12-4-8-14(9-5-12)20(25)26;1-23-17(22)15(10-11-2-6-13(18)7-3-11)20-16(21)12-4-8-14(19)9-5-12/h2-9,15H,10H2,1H3,(H,18,21);2-9,15H,10,18-19H2,1H3,(H,20,21). The molecule has 0 spiro atoms. The zero-order valence-electron chi connectivity index (χ0n) is 26.9. The second kappa shape index (κ2) is 17.9. The van der Waals surface area contributed by atoms with E-state index in [2.05, 4.69) is 15.4 Å². The number of hydrogen-bond acceptors (Lipinski definition) is 12. The highest BCUT2D eigenvalue weighted by atomic mass is 16.6. The third-order valence-electron chi connectivity index (χ3n) is 7.10. The second-order valence-corrected chi connectivity index (χ2v) is 10.6. The predicted octanol–water partition coefficient (Wildman–Crippen LogP) is 3.38. The number of methoxy groups -OCH3 is 2. The quantitative estimate of drug-likeness (QED) is 0.0725. The number of amides is 2. The molecule has 16 nitrogen and oxygen atoms in total. The zero-order valence-corrected chi connectivity index (χ0v) is 26.9. The third-order valence-corrected chi connectivity index (χ3v) is 7.10. The van der Waals surface area contributed by atoms with E-state index >= 15 is 0 Å². The molecule has 4 aromatic carbocycles. The van der Waals surface area contributed by atoms with E-state index in [0.717, 1.165) is 5.56 Å². The first-order valence-corrected chi connectivity index (χ1v) is 14.8. The number of ether oxygens (including phenoxy) is 2. The van der Waals surface area contributed by atoms with Crippen LogP contribution in [0.2, 0.25) is 0 Å². The monoisotopic (exact) mass is 686 g/mol. The van der Waals surface area contributed by atoms with Gasteiger partial charge in [0.2, 0.25) is 0 Å². The number of nitro benzene ring substituents is 2. The van der Waals surface area contributed by atoms with Crippen LogP contribution in [0.15, 0.2) is 97.1 Å². The maximum Gasteiger partial charge on any atom is 0.328 e. The van der Waals surface area contributed by atoms with E-state index in [1.54, 1.807) is 48.5 Å². The van der Waals surface area contributed by atoms with Gasteiger partial charge >= 0.3 is 11.9 Å². The fourth-order valence-corrected chi connectivity index (χ4v) is 4.40. The van der Waals surface area contributed by atoms with Gasteiger partial charge in [0.1, 0.15) is 12.1 Å². The molecule has 2 amide bonds. The van der Waals surface area contributed by atoms with Crippen molar-refractivity contribution in [2.75, 3.05) is 25.7 Å². The maximum atomic E-state index is 12.3. The number of nitro groups is 2. The first kappa shape index (κ1) is 37.6. The number of carbonyl (C=O) groups excluding carboxylic acids is 4. The number of esters is 2. The summed E-state index contributed by atoms with van der Waals surface area (Å²) in [5, 5.41) is 26.5. The molecular formula is C34H34N6O10. The number of anilines is 2. The van der Waals surface area contributed by atoms with Crippen LogP contribution < -0.4 is 22.1 Å². The lowest BCUT2D eigenvalue weighted by atomic mass is 10.0. The first-order chi connectivity index (χ1) is 23.8. The molecule has 0 fully saturated rings. The number of nitrogens with two attached hydrogens (primary N) is 2. The summed E-state index contributed by atoms with van der Waals surface area (Å²) in [7, 11) is 2.46. The van der Waals surface area contributed by atoms with Crippen LogP contribution in [0.4, 0.5) is 22.7 Å². The fraction of sp³-hybridized carbons (Fsp3) is 0.176. The van der Waals surface area contributed by atoms with Gasteiger partial charge in [0.25, 0.3) is 23.2 Å². The Kier molecular flexibility index (Phi) is 13.5. The second-order valence-electron chi connectivity index (χ2n) is 10.6. The van der Waals surface area contributed by atoms with E-state index in [-0.39, 0.29) is 29.3 Å². The van der Waals surface area contributed by atoms with E-state index in [4.69, 9.17) is 16.2 Å². The summed E-state index contributed by atoms with van der Waals surface area (Å²) in [6.45, 7) is 0. The van der Waals surface area contributed by atoms with Crippen LogP contribution in [-0.4, -0.2) is 59.9 Å². The van der Waals surface area contributed by atoms with E-state index < -0.39 is 39.8 Å². The van der Waals surface area contributed by atoms with Crippen LogP contribution in [0, 0.1) is 20.2 Å². The number of rotatable bonds is 12. The lowest BCUT2D eigenvalue weighted by Crippen LogP contribution is -2.43. The minimum absolute atomic E-state index is 0.0589. The van der Waals surface area contributed by atoms with Crippen molar-refractivity contribution in [1.29, 1.82) is 0 Å². The van der Waals surface area contributed by atoms with E-state index in [9.17, 15) is 39.4 Å². The number of nitrogens with zero attached hydrogens (tertiary/aromatic N) is 2. The van der Waals surface area contributed by atoms with Crippen molar-refractivity contribution in [2.24, 2.45) is 0 Å². The molecule has 4 rings (SSSR count). The van der Waals surface area contributed by atoms with Gasteiger partial charge in [-0.1, -0.05) is 24.3 Å². The van der Waals surface area contributed by atoms with Crippen molar-refractivity contribution in [3.8, 4) is 0 Å². The SMILES string of the molecule is COC(=O)C(Cc1ccc(N)cc1)NC(=O)c1ccc(N)cc1.COC(=O)C(Cc1ccc([N+](=O)[O-])cc1)NC(=O)c1ccc([N+](=O)[O-])cc1. The number of non-ortho nitro benzene ring substituents is 2. The Morgan fingerprint density at radius 3 is 1.22 bits per heavy atom. The number of benzene rings is 4. The first-order valence-electron chi connectivity index (χ1n) is 14.8. The Hall–Kier alpha value is -6.84. The number of hydrogen-bond donors (Lipinski definition) is 4. The number of nitrogen functional groups attached to an aromatic ring is 2. The molecule has 6 N–H and O–H groups in total. The van der Waals surface area contributed by atoms with Crippen LogP contribution in [0.25, 0.3) is 0 Å². The van der Waals surface area contributed by atoms with Gasteiger partial charge in [-0.25, -0.2) is 9.59 Å². The molecule has 0 saturated carbocycles. The maximum absolute atomic E-state index is 12.3. The normalized spacial score (nSPS) is 11.4. The Bertz CT molecular complexity index is 1810. The minimum Gasteiger partial charge on any atom is -0.467 e. The van der Waals surface area contributed by atoms with Crippen molar-refractivity contribution in [3.63, 3.8) is 0 Å². The number of carbonyl (C=O) groups is 4. The van der Waals surface area contributed by atoms with Gasteiger partial charge < -0.3 is 31.6 Å². The van der Waals surface area contributed by atoms with Gasteiger partial charge in [0, 0.05) is 59.6 Å². The molecule has 2 unspecified atom stereocenters. The summed E-state index contributed by atoms with van der Waals surface area (Å²) < 4.78 is 9.45. The summed E-state index contributed by atoms with van der Waals surface area (Å²) in [5.41, 5.74) is 14.2. The lowest BCUT2D eigenvalue weighted by molar-refractivity contribution is -0.385. The van der Waals surface area contributed by atoms with Gasteiger partial charge in [-0.2, -0.15) is 0 Å². The average Bonchev–Trinajstić information content (AvgIpc) is 3.12. The van der Waals surface area contributed by atoms with Crippen molar-refractivity contribution in [3.05, 3.63) is 140 Å². The highest BCUT2D eigenvalue weighted by molar-refractivity contribution is 5.97. The van der Waals surface area contributed by atoms with E-state index in [0.29, 0.717) is 28.9 Å². The molecule has 50 heavy (non-hydrogen) atoms. The Morgan fingerprint density at radius 1 is 0.580 bits per heavy atom. The van der Waals surface area contributed by atoms with Crippen LogP contribution in [0.1, 0.15) is 31.8 Å². The van der Waals surface area contributed by atoms with Crippen molar-refractivity contribution in [1.82, 2.24) is 10.6 Å². The molecule has 0 saturated heterocycles. The molecule has 260 valence electrons. The lowest BCUT2D eigenvalue weighted by Gasteiger charge is -2.17. The number of nitrogens with one attached hydrogen (secondary N) is 2. The molecule has 0 radical (unpaired) electrons. The largest absolute Gasteiger partial charge is 0.467 e. The van der Waals surface area contributed by atoms with Gasteiger partial charge in [-0.15, -0.1) is 0 Å². The summed E-state index contributed by atoms with van der Waals surface area (Å²) >= 11 is 0. The highest BCUT2D eigenvalue weighted by Gasteiger charge is 2.24. The molecule has 0 bridgehead atoms. The smallest absolute Gasteiger partial charge is 0.328 e. The Balaban J connectivity index is 0.000000274. The van der Waals surface area contributed by atoms with Crippen molar-refractivity contribution in [2.45, 2.75) is 24.9 Å². The van der Waals surface area contributed by atoms with Gasteiger partial charge in [-0.3, -0.25) is 29.8 Å². The Morgan fingerprint density at radius 2 is 0.880 bits per heavy atom. The van der Waals surface area contributed by atoms with Crippen molar-refractivity contribution >= 4 is 46.5 Å². The van der Waals surface area contributed by atoms with Crippen LogP contribution >= 0.6 is 0 Å². The van der Waals surface area contributed by atoms with Crippen LogP contribution in [0.3, 0.4) is 0 Å². The molecule has 0 heterocycles. The summed E-state index contributed by atoms with van der Waals surface area (Å²) in [4.78, 5) is 68.7. The van der Waals surface area contributed by atoms with Gasteiger partial charge in [0.05, 0.1) is 24.1 Å². The summed E-state index contributed by atoms with van der Waals surface area (Å²) in [6, 6.07) is 22.2. The molecule has 16 heteroatoms. The van der Waals surface area contributed by atoms with Crippen LogP contribution in [-0.2, 0) is 31.9 Å². The molecule has 2 atom stereocenters. The molecule has 0 aliphatic heterocycles. The van der Waals surface area contributed by atoms with Gasteiger partial charge in [-0.05, 0) is 59.7 Å². The molecule has 0 aliphatic rings. The summed E-state index contributed by atoms with van der Waals surface area (Å²) in [6.07, 6.45) is 0.372. The molecule has 0 aromatic heterocycles. The molecule has 4 aromatic rings. The highest BCUT2D eigenvalue weighted by Crippen LogP contribution is 2.16. The van der Waals surface area contributed by atoms with Crippen molar-refractivity contribution < 1.29 is 38.5 Å². The Labute approximate surface area is 285 Å².